The van der Waals surface area contributed by atoms with Crippen molar-refractivity contribution in [2.75, 3.05) is 5.32 Å². The van der Waals surface area contributed by atoms with Gasteiger partial charge in [0.25, 0.3) is 0 Å². The lowest BCUT2D eigenvalue weighted by Crippen LogP contribution is -2.47. The molecule has 0 aliphatic heterocycles. The molecule has 0 saturated heterocycles. The van der Waals surface area contributed by atoms with Crippen molar-refractivity contribution < 1.29 is 9.59 Å². The zero-order valence-electron chi connectivity index (χ0n) is 11.2. The summed E-state index contributed by atoms with van der Waals surface area (Å²) in [5, 5.41) is 6.17. The van der Waals surface area contributed by atoms with Gasteiger partial charge in [-0.3, -0.25) is 9.59 Å². The summed E-state index contributed by atoms with van der Waals surface area (Å²) in [6.45, 7) is 3.39. The third kappa shape index (κ3) is 3.76. The molecule has 1 heterocycles. The average Bonchev–Trinajstić information content (AvgIpc) is 2.97. The third-order valence-electron chi connectivity index (χ3n) is 3.36. The van der Waals surface area contributed by atoms with Gasteiger partial charge in [-0.25, -0.2) is 4.98 Å². The SMILES string of the molecule is CC(=O)NC(C(=O)Nc1ncc(C)s1)C1CCCC1. The van der Waals surface area contributed by atoms with E-state index in [1.54, 1.807) is 6.20 Å². The monoisotopic (exact) mass is 281 g/mol. The fraction of sp³-hybridized carbons (Fsp3) is 0.615. The van der Waals surface area contributed by atoms with E-state index in [1.165, 1.54) is 18.3 Å². The summed E-state index contributed by atoms with van der Waals surface area (Å²) in [6.07, 6.45) is 5.97. The van der Waals surface area contributed by atoms with Gasteiger partial charge in [0.2, 0.25) is 11.8 Å². The highest BCUT2D eigenvalue weighted by Gasteiger charge is 2.31. The van der Waals surface area contributed by atoms with E-state index >= 15 is 0 Å². The minimum absolute atomic E-state index is 0.156. The van der Waals surface area contributed by atoms with E-state index in [0.717, 1.165) is 30.6 Å². The molecule has 2 N–H and O–H groups in total. The topological polar surface area (TPSA) is 71.1 Å². The first kappa shape index (κ1) is 14.0. The summed E-state index contributed by atoms with van der Waals surface area (Å²) < 4.78 is 0. The maximum Gasteiger partial charge on any atom is 0.249 e. The second-order valence-corrected chi connectivity index (χ2v) is 6.22. The van der Waals surface area contributed by atoms with Gasteiger partial charge in [-0.2, -0.15) is 0 Å². The number of anilines is 1. The molecule has 1 aromatic rings. The van der Waals surface area contributed by atoms with Crippen LogP contribution in [0.25, 0.3) is 0 Å². The fourth-order valence-corrected chi connectivity index (χ4v) is 3.17. The first-order valence-electron chi connectivity index (χ1n) is 6.56. The van der Waals surface area contributed by atoms with Crippen molar-refractivity contribution in [1.29, 1.82) is 0 Å². The second-order valence-electron chi connectivity index (χ2n) is 4.99. The van der Waals surface area contributed by atoms with E-state index in [2.05, 4.69) is 15.6 Å². The summed E-state index contributed by atoms with van der Waals surface area (Å²) in [7, 11) is 0. The Morgan fingerprint density at radius 2 is 2.11 bits per heavy atom. The predicted molar refractivity (Wildman–Crippen MR) is 75.0 cm³/mol. The molecule has 5 nitrogen and oxygen atoms in total. The highest BCUT2D eigenvalue weighted by Crippen LogP contribution is 2.28. The highest BCUT2D eigenvalue weighted by molar-refractivity contribution is 7.15. The average molecular weight is 281 g/mol. The molecule has 1 atom stereocenters. The van der Waals surface area contributed by atoms with E-state index in [0.29, 0.717) is 5.13 Å². The van der Waals surface area contributed by atoms with Crippen LogP contribution in [-0.4, -0.2) is 22.8 Å². The molecule has 1 aliphatic rings. The molecule has 2 amide bonds. The molecule has 1 saturated carbocycles. The number of nitrogens with zero attached hydrogens (tertiary/aromatic N) is 1. The van der Waals surface area contributed by atoms with Gasteiger partial charge in [0.05, 0.1) is 0 Å². The van der Waals surface area contributed by atoms with Crippen molar-refractivity contribution in [3.8, 4) is 0 Å². The number of rotatable bonds is 4. The van der Waals surface area contributed by atoms with Gasteiger partial charge in [-0.05, 0) is 25.7 Å². The summed E-state index contributed by atoms with van der Waals surface area (Å²) >= 11 is 1.44. The van der Waals surface area contributed by atoms with Crippen molar-refractivity contribution in [3.63, 3.8) is 0 Å². The Hall–Kier alpha value is -1.43. The van der Waals surface area contributed by atoms with Crippen LogP contribution in [0.2, 0.25) is 0 Å². The number of thiazole rings is 1. The van der Waals surface area contributed by atoms with Gasteiger partial charge in [0.15, 0.2) is 5.13 Å². The molecule has 1 aliphatic carbocycles. The Labute approximate surface area is 116 Å². The van der Waals surface area contributed by atoms with Crippen molar-refractivity contribution in [1.82, 2.24) is 10.3 Å². The number of carbonyl (C=O) groups excluding carboxylic acids is 2. The van der Waals surface area contributed by atoms with Gasteiger partial charge in [-0.1, -0.05) is 12.8 Å². The maximum atomic E-state index is 12.3. The number of hydrogen-bond donors (Lipinski definition) is 2. The van der Waals surface area contributed by atoms with Gasteiger partial charge >= 0.3 is 0 Å². The van der Waals surface area contributed by atoms with Crippen molar-refractivity contribution in [2.24, 2.45) is 5.92 Å². The molecule has 0 spiro atoms. The Bertz CT molecular complexity index is 466. The van der Waals surface area contributed by atoms with Crippen LogP contribution in [0.5, 0.6) is 0 Å². The summed E-state index contributed by atoms with van der Waals surface area (Å²) in [6, 6.07) is -0.441. The standard InChI is InChI=1S/C13H19N3O2S/c1-8-7-14-13(19-8)16-12(18)11(15-9(2)17)10-5-3-4-6-10/h7,10-11H,3-6H2,1-2H3,(H,15,17)(H,14,16,18). The highest BCUT2D eigenvalue weighted by atomic mass is 32.1. The van der Waals surface area contributed by atoms with E-state index in [1.807, 2.05) is 6.92 Å². The Balaban J connectivity index is 2.04. The molecule has 6 heteroatoms. The quantitative estimate of drug-likeness (QED) is 0.887. The van der Waals surface area contributed by atoms with Crippen LogP contribution in [0.4, 0.5) is 5.13 Å². The number of aryl methyl sites for hydroxylation is 1. The van der Waals surface area contributed by atoms with Gasteiger partial charge in [0.1, 0.15) is 6.04 Å². The number of nitrogens with one attached hydrogen (secondary N) is 2. The van der Waals surface area contributed by atoms with Crippen molar-refractivity contribution >= 4 is 28.3 Å². The Morgan fingerprint density at radius 1 is 1.42 bits per heavy atom. The second kappa shape index (κ2) is 6.14. The molecule has 0 aromatic carbocycles. The molecular weight excluding hydrogens is 262 g/mol. The molecule has 0 radical (unpaired) electrons. The lowest BCUT2D eigenvalue weighted by Gasteiger charge is -2.22. The van der Waals surface area contributed by atoms with Crippen LogP contribution in [-0.2, 0) is 9.59 Å². The molecule has 1 unspecified atom stereocenters. The smallest absolute Gasteiger partial charge is 0.249 e. The van der Waals surface area contributed by atoms with Crippen LogP contribution in [0.3, 0.4) is 0 Å². The lowest BCUT2D eigenvalue weighted by atomic mass is 9.97. The largest absolute Gasteiger partial charge is 0.344 e. The third-order valence-corrected chi connectivity index (χ3v) is 4.19. The lowest BCUT2D eigenvalue weighted by molar-refractivity contribution is -0.126. The van der Waals surface area contributed by atoms with Crippen LogP contribution in [0, 0.1) is 12.8 Å². The zero-order valence-corrected chi connectivity index (χ0v) is 12.0. The summed E-state index contributed by atoms with van der Waals surface area (Å²) in [5.74, 6) is -0.0798. The van der Waals surface area contributed by atoms with E-state index < -0.39 is 6.04 Å². The Kier molecular flexibility index (Phi) is 4.52. The number of amides is 2. The predicted octanol–water partition coefficient (Wildman–Crippen LogP) is 2.08. The first-order valence-corrected chi connectivity index (χ1v) is 7.38. The summed E-state index contributed by atoms with van der Waals surface area (Å²) in [5.41, 5.74) is 0. The molecule has 19 heavy (non-hydrogen) atoms. The van der Waals surface area contributed by atoms with E-state index in [9.17, 15) is 9.59 Å². The van der Waals surface area contributed by atoms with Crippen molar-refractivity contribution in [3.05, 3.63) is 11.1 Å². The van der Waals surface area contributed by atoms with Gasteiger partial charge in [-0.15, -0.1) is 11.3 Å². The minimum atomic E-state index is -0.441. The fourth-order valence-electron chi connectivity index (χ4n) is 2.50. The normalized spacial score (nSPS) is 17.2. The van der Waals surface area contributed by atoms with Crippen LogP contribution >= 0.6 is 11.3 Å². The first-order chi connectivity index (χ1) is 9.06. The summed E-state index contributed by atoms with van der Waals surface area (Å²) in [4.78, 5) is 28.7. The number of carbonyl (C=O) groups is 2. The Morgan fingerprint density at radius 3 is 2.63 bits per heavy atom. The molecule has 1 aromatic heterocycles. The zero-order chi connectivity index (χ0) is 13.8. The maximum absolute atomic E-state index is 12.3. The van der Waals surface area contributed by atoms with Crippen molar-refractivity contribution in [2.45, 2.75) is 45.6 Å². The number of aromatic nitrogens is 1. The van der Waals surface area contributed by atoms with Crippen LogP contribution in [0.15, 0.2) is 6.20 Å². The molecular formula is C13H19N3O2S. The van der Waals surface area contributed by atoms with Gasteiger partial charge in [0, 0.05) is 18.0 Å². The van der Waals surface area contributed by atoms with Crippen LogP contribution in [0.1, 0.15) is 37.5 Å². The molecule has 0 bridgehead atoms. The van der Waals surface area contributed by atoms with E-state index in [-0.39, 0.29) is 17.7 Å². The minimum Gasteiger partial charge on any atom is -0.344 e. The van der Waals surface area contributed by atoms with E-state index in [4.69, 9.17) is 0 Å². The number of hydrogen-bond acceptors (Lipinski definition) is 4. The molecule has 104 valence electrons. The van der Waals surface area contributed by atoms with Gasteiger partial charge < -0.3 is 10.6 Å². The molecule has 1 fully saturated rings. The molecule has 2 rings (SSSR count). The van der Waals surface area contributed by atoms with Crippen LogP contribution < -0.4 is 10.6 Å².